The summed E-state index contributed by atoms with van der Waals surface area (Å²) in [5.74, 6) is -2.23. The molecule has 0 aliphatic rings. The van der Waals surface area contributed by atoms with Gasteiger partial charge >= 0.3 is 12.1 Å². The van der Waals surface area contributed by atoms with Crippen molar-refractivity contribution in [3.05, 3.63) is 34.5 Å². The smallest absolute Gasteiger partial charge is 0.448 e. The molecule has 1 aromatic carbocycles. The number of halogens is 3. The highest BCUT2D eigenvalue weighted by molar-refractivity contribution is 7.19. The molecule has 0 aliphatic heterocycles. The summed E-state index contributed by atoms with van der Waals surface area (Å²) in [5.41, 5.74) is 0.734. The fourth-order valence-electron chi connectivity index (χ4n) is 1.54. The van der Waals surface area contributed by atoms with Crippen LogP contribution < -0.4 is 0 Å². The highest BCUT2D eigenvalue weighted by atomic mass is 32.1. The first kappa shape index (κ1) is 15.3. The number of allylic oxidation sites excluding steroid dienone is 1. The predicted octanol–water partition coefficient (Wildman–Crippen LogP) is 3.93. The largest absolute Gasteiger partial charge is 0.504 e. The monoisotopic (exact) mass is 317 g/mol. The fraction of sp³-hybridized carbons (Fsp3) is 0.231. The molecule has 1 heterocycles. The van der Waals surface area contributed by atoms with E-state index in [-0.39, 0.29) is 11.6 Å². The number of fused-ring (bicyclic) bond motifs is 1. The van der Waals surface area contributed by atoms with Gasteiger partial charge in [0, 0.05) is 6.08 Å². The number of thiazole rings is 1. The van der Waals surface area contributed by atoms with Crippen molar-refractivity contribution in [2.45, 2.75) is 13.1 Å². The van der Waals surface area contributed by atoms with E-state index in [0.717, 1.165) is 11.3 Å². The number of nitrogens with zero attached hydrogens (tertiary/aromatic N) is 1. The first-order valence-corrected chi connectivity index (χ1v) is 6.68. The average molecular weight is 317 g/mol. The average Bonchev–Trinajstić information content (AvgIpc) is 2.78. The lowest BCUT2D eigenvalue weighted by atomic mass is 10.2. The number of aliphatic hydroxyl groups excluding tert-OH is 1. The Morgan fingerprint density at radius 2 is 2.19 bits per heavy atom. The molecule has 0 fully saturated rings. The number of hydrogen-bond donors (Lipinski definition) is 1. The number of benzene rings is 1. The SMILES string of the molecule is CCOC(=O)c1ccc2nc(/C=C(\O)C(F)(F)F)sc2c1. The van der Waals surface area contributed by atoms with Crippen molar-refractivity contribution >= 4 is 33.6 Å². The molecule has 0 radical (unpaired) electrons. The van der Waals surface area contributed by atoms with Gasteiger partial charge in [-0.1, -0.05) is 0 Å². The van der Waals surface area contributed by atoms with E-state index in [9.17, 15) is 18.0 Å². The summed E-state index contributed by atoms with van der Waals surface area (Å²) in [5, 5.41) is 8.91. The highest BCUT2D eigenvalue weighted by Crippen LogP contribution is 2.29. The zero-order valence-electron chi connectivity index (χ0n) is 10.8. The van der Waals surface area contributed by atoms with Gasteiger partial charge in [0.15, 0.2) is 0 Å². The second-order valence-electron chi connectivity index (χ2n) is 3.98. The van der Waals surface area contributed by atoms with E-state index in [0.29, 0.717) is 21.9 Å². The lowest BCUT2D eigenvalue weighted by molar-refractivity contribution is -0.119. The summed E-state index contributed by atoms with van der Waals surface area (Å²) in [6.07, 6.45) is -4.26. The molecule has 0 aliphatic carbocycles. The number of hydrogen-bond acceptors (Lipinski definition) is 5. The first-order chi connectivity index (χ1) is 9.81. The minimum atomic E-state index is -4.81. The predicted molar refractivity (Wildman–Crippen MR) is 72.2 cm³/mol. The number of aromatic nitrogens is 1. The third-order valence-corrected chi connectivity index (χ3v) is 3.43. The van der Waals surface area contributed by atoms with Crippen LogP contribution in [0.25, 0.3) is 16.3 Å². The van der Waals surface area contributed by atoms with Crippen molar-refractivity contribution in [2.24, 2.45) is 0 Å². The molecule has 0 amide bonds. The maximum absolute atomic E-state index is 12.2. The second-order valence-corrected chi connectivity index (χ2v) is 5.04. The van der Waals surface area contributed by atoms with E-state index in [1.54, 1.807) is 6.92 Å². The molecule has 21 heavy (non-hydrogen) atoms. The van der Waals surface area contributed by atoms with Crippen molar-refractivity contribution in [1.29, 1.82) is 0 Å². The molecule has 1 aromatic heterocycles. The van der Waals surface area contributed by atoms with Crippen LogP contribution in [0, 0.1) is 0 Å². The molecule has 4 nitrogen and oxygen atoms in total. The van der Waals surface area contributed by atoms with Crippen LogP contribution in [0.15, 0.2) is 24.0 Å². The van der Waals surface area contributed by atoms with Gasteiger partial charge in [-0.05, 0) is 25.1 Å². The fourth-order valence-corrected chi connectivity index (χ4v) is 2.49. The van der Waals surface area contributed by atoms with Crippen LogP contribution in [-0.2, 0) is 4.74 Å². The number of carbonyl (C=O) groups is 1. The van der Waals surface area contributed by atoms with E-state index in [1.807, 2.05) is 0 Å². The third kappa shape index (κ3) is 3.52. The Bertz CT molecular complexity index is 706. The lowest BCUT2D eigenvalue weighted by Crippen LogP contribution is -2.10. The molecule has 8 heteroatoms. The number of alkyl halides is 3. The van der Waals surface area contributed by atoms with Crippen LogP contribution in [0.3, 0.4) is 0 Å². The number of rotatable bonds is 3. The summed E-state index contributed by atoms with van der Waals surface area (Å²) >= 11 is 0.936. The molecule has 1 N–H and O–H groups in total. The zero-order valence-corrected chi connectivity index (χ0v) is 11.6. The van der Waals surface area contributed by atoms with Crippen molar-refractivity contribution < 1.29 is 27.8 Å². The van der Waals surface area contributed by atoms with Crippen molar-refractivity contribution in [3.63, 3.8) is 0 Å². The van der Waals surface area contributed by atoms with Crippen molar-refractivity contribution in [2.75, 3.05) is 6.61 Å². The lowest BCUT2D eigenvalue weighted by Gasteiger charge is -2.02. The zero-order chi connectivity index (χ0) is 15.6. The van der Waals surface area contributed by atoms with E-state index >= 15 is 0 Å². The normalized spacial score (nSPS) is 12.7. The molecule has 0 unspecified atom stereocenters. The number of esters is 1. The maximum Gasteiger partial charge on any atom is 0.448 e. The van der Waals surface area contributed by atoms with Gasteiger partial charge in [-0.3, -0.25) is 0 Å². The Morgan fingerprint density at radius 3 is 2.81 bits per heavy atom. The second kappa shape index (κ2) is 5.72. The van der Waals surface area contributed by atoms with Gasteiger partial charge in [0.25, 0.3) is 0 Å². The quantitative estimate of drug-likeness (QED) is 0.688. The molecule has 2 rings (SSSR count). The van der Waals surface area contributed by atoms with Gasteiger partial charge in [-0.2, -0.15) is 13.2 Å². The number of aliphatic hydroxyl groups is 1. The summed E-state index contributed by atoms with van der Waals surface area (Å²) in [6.45, 7) is 1.90. The topological polar surface area (TPSA) is 59.4 Å². The Kier molecular flexibility index (Phi) is 4.17. The number of ether oxygens (including phenoxy) is 1. The summed E-state index contributed by atoms with van der Waals surface area (Å²) in [4.78, 5) is 15.5. The molecule has 2 aromatic rings. The van der Waals surface area contributed by atoms with Crippen LogP contribution in [0.2, 0.25) is 0 Å². The van der Waals surface area contributed by atoms with E-state index in [4.69, 9.17) is 9.84 Å². The molecule has 112 valence electrons. The third-order valence-electron chi connectivity index (χ3n) is 2.47. The molecule has 0 saturated heterocycles. The van der Waals surface area contributed by atoms with Gasteiger partial charge in [-0.25, -0.2) is 9.78 Å². The van der Waals surface area contributed by atoms with Crippen LogP contribution in [-0.4, -0.2) is 28.8 Å². The minimum Gasteiger partial charge on any atom is -0.504 e. The Labute approximate surface area is 121 Å². The summed E-state index contributed by atoms with van der Waals surface area (Å²) in [7, 11) is 0. The van der Waals surface area contributed by atoms with E-state index < -0.39 is 17.9 Å². The molecule has 0 bridgehead atoms. The van der Waals surface area contributed by atoms with Gasteiger partial charge in [0.2, 0.25) is 5.76 Å². The summed E-state index contributed by atoms with van der Waals surface area (Å²) in [6, 6.07) is 4.49. The van der Waals surface area contributed by atoms with Crippen LogP contribution in [0.5, 0.6) is 0 Å². The minimum absolute atomic E-state index is 0.000772. The molecule has 0 saturated carbocycles. The van der Waals surface area contributed by atoms with Crippen molar-refractivity contribution in [1.82, 2.24) is 4.98 Å². The van der Waals surface area contributed by atoms with Gasteiger partial charge < -0.3 is 9.84 Å². The van der Waals surface area contributed by atoms with Crippen LogP contribution >= 0.6 is 11.3 Å². The van der Waals surface area contributed by atoms with Gasteiger partial charge in [-0.15, -0.1) is 11.3 Å². The van der Waals surface area contributed by atoms with Gasteiger partial charge in [0.1, 0.15) is 5.01 Å². The Morgan fingerprint density at radius 1 is 1.48 bits per heavy atom. The van der Waals surface area contributed by atoms with E-state index in [2.05, 4.69) is 4.98 Å². The Balaban J connectivity index is 2.37. The maximum atomic E-state index is 12.2. The van der Waals surface area contributed by atoms with E-state index in [1.165, 1.54) is 18.2 Å². The van der Waals surface area contributed by atoms with Crippen molar-refractivity contribution in [3.8, 4) is 0 Å². The molecule has 0 atom stereocenters. The first-order valence-electron chi connectivity index (χ1n) is 5.87. The number of carbonyl (C=O) groups excluding carboxylic acids is 1. The van der Waals surface area contributed by atoms with Crippen LogP contribution in [0.1, 0.15) is 22.3 Å². The van der Waals surface area contributed by atoms with Gasteiger partial charge in [0.05, 0.1) is 22.4 Å². The Hall–Kier alpha value is -2.09. The highest BCUT2D eigenvalue weighted by Gasteiger charge is 2.34. The summed E-state index contributed by atoms with van der Waals surface area (Å²) < 4.78 is 42.1. The molecular weight excluding hydrogens is 307 g/mol. The molecular formula is C13H10F3NO3S. The standard InChI is InChI=1S/C13H10F3NO3S/c1-2-20-12(19)7-3-4-8-9(5-7)21-11(17-8)6-10(18)13(14,15)16/h3-6,18H,2H2,1H3/b10-6-. The molecule has 0 spiro atoms. The van der Waals surface area contributed by atoms with Crippen LogP contribution in [0.4, 0.5) is 13.2 Å².